The van der Waals surface area contributed by atoms with E-state index in [4.69, 9.17) is 0 Å². The number of benzene rings is 2. The van der Waals surface area contributed by atoms with Gasteiger partial charge in [0.1, 0.15) is 0 Å². The number of hydrogen-bond acceptors (Lipinski definition) is 2. The van der Waals surface area contributed by atoms with Crippen molar-refractivity contribution >= 4 is 5.91 Å². The van der Waals surface area contributed by atoms with Crippen molar-refractivity contribution in [2.45, 2.75) is 37.5 Å². The van der Waals surface area contributed by atoms with Crippen molar-refractivity contribution in [3.63, 3.8) is 0 Å². The fourth-order valence-electron chi connectivity index (χ4n) is 3.99. The Balaban J connectivity index is 1.52. The molecule has 0 aliphatic carbocycles. The third-order valence-corrected chi connectivity index (χ3v) is 5.63. The molecule has 0 radical (unpaired) electrons. The van der Waals surface area contributed by atoms with E-state index in [0.717, 1.165) is 26.1 Å². The highest BCUT2D eigenvalue weighted by Crippen LogP contribution is 2.29. The van der Waals surface area contributed by atoms with Crippen LogP contribution in [0.3, 0.4) is 0 Å². The molecule has 138 valence electrons. The highest BCUT2D eigenvalue weighted by molar-refractivity contribution is 5.76. The van der Waals surface area contributed by atoms with Gasteiger partial charge < -0.3 is 10.2 Å². The normalized spacial score (nSPS) is 17.0. The van der Waals surface area contributed by atoms with Gasteiger partial charge in [0.2, 0.25) is 5.91 Å². The van der Waals surface area contributed by atoms with E-state index in [2.05, 4.69) is 64.8 Å². The lowest BCUT2D eigenvalue weighted by Gasteiger charge is -2.33. The van der Waals surface area contributed by atoms with Gasteiger partial charge in [0, 0.05) is 13.5 Å². The minimum Gasteiger partial charge on any atom is -0.359 e. The Morgan fingerprint density at radius 2 is 1.65 bits per heavy atom. The fourth-order valence-corrected chi connectivity index (χ4v) is 3.99. The monoisotopic (exact) mass is 350 g/mol. The number of likely N-dealkylation sites (tertiary alicyclic amines) is 1. The third kappa shape index (κ3) is 5.18. The van der Waals surface area contributed by atoms with E-state index < -0.39 is 0 Å². The molecule has 1 amide bonds. The van der Waals surface area contributed by atoms with E-state index in [1.54, 1.807) is 7.05 Å². The van der Waals surface area contributed by atoms with Crippen molar-refractivity contribution in [1.29, 1.82) is 0 Å². The quantitative estimate of drug-likeness (QED) is 0.812. The van der Waals surface area contributed by atoms with Crippen molar-refractivity contribution in [3.05, 3.63) is 71.8 Å². The van der Waals surface area contributed by atoms with Crippen LogP contribution >= 0.6 is 0 Å². The van der Waals surface area contributed by atoms with Crippen LogP contribution in [0.5, 0.6) is 0 Å². The predicted molar refractivity (Wildman–Crippen MR) is 107 cm³/mol. The molecule has 0 saturated carbocycles. The largest absolute Gasteiger partial charge is 0.359 e. The minimum absolute atomic E-state index is 0.127. The molecule has 3 nitrogen and oxygen atoms in total. The molecule has 1 aliphatic rings. The van der Waals surface area contributed by atoms with E-state index in [1.807, 2.05) is 6.07 Å². The van der Waals surface area contributed by atoms with Crippen LogP contribution in [0.4, 0.5) is 0 Å². The number of hydrogen-bond donors (Lipinski definition) is 1. The Hall–Kier alpha value is -2.13. The van der Waals surface area contributed by atoms with E-state index in [-0.39, 0.29) is 5.91 Å². The summed E-state index contributed by atoms with van der Waals surface area (Å²) in [4.78, 5) is 14.5. The second-order valence-electron chi connectivity index (χ2n) is 7.30. The highest BCUT2D eigenvalue weighted by atomic mass is 16.1. The van der Waals surface area contributed by atoms with Gasteiger partial charge in [0.05, 0.1) is 0 Å². The number of piperidine rings is 1. The molecule has 1 atom stereocenters. The smallest absolute Gasteiger partial charge is 0.220 e. The first kappa shape index (κ1) is 18.7. The molecular weight excluding hydrogens is 320 g/mol. The summed E-state index contributed by atoms with van der Waals surface area (Å²) in [5.74, 6) is 1.12. The molecule has 1 fully saturated rings. The van der Waals surface area contributed by atoms with Crippen LogP contribution in [0.1, 0.15) is 48.6 Å². The Morgan fingerprint density at radius 1 is 1.04 bits per heavy atom. The van der Waals surface area contributed by atoms with Gasteiger partial charge in [-0.1, -0.05) is 60.7 Å². The number of rotatable bonds is 7. The average molecular weight is 351 g/mol. The maximum atomic E-state index is 11.9. The lowest BCUT2D eigenvalue weighted by atomic mass is 9.88. The van der Waals surface area contributed by atoms with Gasteiger partial charge in [-0.25, -0.2) is 0 Å². The van der Waals surface area contributed by atoms with E-state index in [9.17, 15) is 4.79 Å². The van der Waals surface area contributed by atoms with Crippen molar-refractivity contribution in [2.24, 2.45) is 0 Å². The fraction of sp³-hybridized carbons (Fsp3) is 0.435. The zero-order chi connectivity index (χ0) is 18.2. The molecular formula is C23H30N2O. The molecule has 3 heteroatoms. The second kappa shape index (κ2) is 9.54. The Kier molecular flexibility index (Phi) is 6.84. The van der Waals surface area contributed by atoms with Crippen molar-refractivity contribution in [2.75, 3.05) is 26.7 Å². The molecule has 3 rings (SSSR count). The SMILES string of the molecule is CNC(=O)CC(CCN1CCC(c2ccccc2)CC1)c1ccccc1. The van der Waals surface area contributed by atoms with Crippen LogP contribution in [0.25, 0.3) is 0 Å². The maximum Gasteiger partial charge on any atom is 0.220 e. The zero-order valence-electron chi connectivity index (χ0n) is 15.7. The van der Waals surface area contributed by atoms with Gasteiger partial charge in [0.25, 0.3) is 0 Å². The molecule has 1 aliphatic heterocycles. The molecule has 1 unspecified atom stereocenters. The third-order valence-electron chi connectivity index (χ3n) is 5.63. The number of carbonyl (C=O) groups is 1. The van der Waals surface area contributed by atoms with Crippen LogP contribution in [0, 0.1) is 0 Å². The Labute approximate surface area is 157 Å². The zero-order valence-corrected chi connectivity index (χ0v) is 15.7. The average Bonchev–Trinajstić information content (AvgIpc) is 2.72. The number of nitrogens with zero attached hydrogens (tertiary/aromatic N) is 1. The van der Waals surface area contributed by atoms with E-state index >= 15 is 0 Å². The lowest BCUT2D eigenvalue weighted by Crippen LogP contribution is -2.34. The number of nitrogens with one attached hydrogen (secondary N) is 1. The van der Waals surface area contributed by atoms with Gasteiger partial charge in [-0.3, -0.25) is 4.79 Å². The summed E-state index contributed by atoms with van der Waals surface area (Å²) in [6.07, 6.45) is 4.07. The van der Waals surface area contributed by atoms with Gasteiger partial charge in [-0.05, 0) is 61.9 Å². The molecule has 1 N–H and O–H groups in total. The lowest BCUT2D eigenvalue weighted by molar-refractivity contribution is -0.121. The van der Waals surface area contributed by atoms with Crippen molar-refractivity contribution in [1.82, 2.24) is 10.2 Å². The molecule has 1 saturated heterocycles. The van der Waals surface area contributed by atoms with Crippen molar-refractivity contribution in [3.8, 4) is 0 Å². The van der Waals surface area contributed by atoms with Crippen LogP contribution in [-0.4, -0.2) is 37.5 Å². The molecule has 0 bridgehead atoms. The summed E-state index contributed by atoms with van der Waals surface area (Å²) in [6, 6.07) is 21.4. The summed E-state index contributed by atoms with van der Waals surface area (Å²) in [6.45, 7) is 3.38. The molecule has 0 aromatic heterocycles. The molecule has 0 spiro atoms. The molecule has 2 aromatic rings. The first-order valence-electron chi connectivity index (χ1n) is 9.79. The van der Waals surface area contributed by atoms with E-state index in [1.165, 1.54) is 24.0 Å². The second-order valence-corrected chi connectivity index (χ2v) is 7.30. The number of carbonyl (C=O) groups excluding carboxylic acids is 1. The minimum atomic E-state index is 0.127. The highest BCUT2D eigenvalue weighted by Gasteiger charge is 2.22. The summed E-state index contributed by atoms with van der Waals surface area (Å²) in [5, 5.41) is 2.77. The van der Waals surface area contributed by atoms with Crippen molar-refractivity contribution < 1.29 is 4.79 Å². The van der Waals surface area contributed by atoms with E-state index in [0.29, 0.717) is 18.3 Å². The van der Waals surface area contributed by atoms with Crippen LogP contribution in [0.2, 0.25) is 0 Å². The van der Waals surface area contributed by atoms with Gasteiger partial charge in [0.15, 0.2) is 0 Å². The summed E-state index contributed by atoms with van der Waals surface area (Å²) < 4.78 is 0. The first-order chi connectivity index (χ1) is 12.8. The van der Waals surface area contributed by atoms with Crippen LogP contribution in [0.15, 0.2) is 60.7 Å². The topological polar surface area (TPSA) is 32.3 Å². The van der Waals surface area contributed by atoms with Gasteiger partial charge in [-0.2, -0.15) is 0 Å². The van der Waals surface area contributed by atoms with Crippen LogP contribution in [-0.2, 0) is 4.79 Å². The van der Waals surface area contributed by atoms with Crippen LogP contribution < -0.4 is 5.32 Å². The molecule has 26 heavy (non-hydrogen) atoms. The van der Waals surface area contributed by atoms with Gasteiger partial charge in [-0.15, -0.1) is 0 Å². The molecule has 2 aromatic carbocycles. The molecule has 1 heterocycles. The standard InChI is InChI=1S/C23H30N2O/c1-24-23(26)18-22(20-10-6-3-7-11-20)14-17-25-15-12-21(13-16-25)19-8-4-2-5-9-19/h2-11,21-22H,12-18H2,1H3,(H,24,26). The first-order valence-corrected chi connectivity index (χ1v) is 9.79. The Morgan fingerprint density at radius 3 is 2.27 bits per heavy atom. The predicted octanol–water partition coefficient (Wildman–Crippen LogP) is 4.18. The number of amides is 1. The Bertz CT molecular complexity index is 663. The summed E-state index contributed by atoms with van der Waals surface area (Å²) in [7, 11) is 1.72. The summed E-state index contributed by atoms with van der Waals surface area (Å²) in [5.41, 5.74) is 2.75. The van der Waals surface area contributed by atoms with Gasteiger partial charge >= 0.3 is 0 Å². The summed E-state index contributed by atoms with van der Waals surface area (Å²) >= 11 is 0. The maximum absolute atomic E-state index is 11.9.